The quantitative estimate of drug-likeness (QED) is 0.785. The van der Waals surface area contributed by atoms with Crippen molar-refractivity contribution in [2.45, 2.75) is 20.0 Å². The summed E-state index contributed by atoms with van der Waals surface area (Å²) in [5, 5.41) is 2.84. The third kappa shape index (κ3) is 3.70. The topological polar surface area (TPSA) is 77.1 Å². The second-order valence-electron chi connectivity index (χ2n) is 7.91. The molecule has 2 aromatic rings. The Labute approximate surface area is 175 Å². The zero-order valence-electron chi connectivity index (χ0n) is 17.0. The third-order valence-electron chi connectivity index (χ3n) is 5.04. The van der Waals surface area contributed by atoms with E-state index in [4.69, 9.17) is 14.2 Å². The van der Waals surface area contributed by atoms with Crippen LogP contribution in [0.25, 0.3) is 0 Å². The number of rotatable bonds is 4. The molecule has 0 aromatic heterocycles. The number of fused-ring (bicyclic) bond motifs is 2. The number of nitrogens with one attached hydrogen (secondary N) is 1. The highest BCUT2D eigenvalue weighted by atomic mass is 16.6. The van der Waals surface area contributed by atoms with Crippen LogP contribution in [0.1, 0.15) is 13.8 Å². The van der Waals surface area contributed by atoms with Crippen LogP contribution in [0.4, 0.5) is 11.4 Å². The fourth-order valence-electron chi connectivity index (χ4n) is 3.41. The summed E-state index contributed by atoms with van der Waals surface area (Å²) >= 11 is 0. The molecule has 0 radical (unpaired) electrons. The molecular weight excluding hydrogens is 384 g/mol. The number of carbonyl (C=O) groups excluding carboxylic acids is 2. The van der Waals surface area contributed by atoms with Crippen molar-refractivity contribution < 1.29 is 23.8 Å². The summed E-state index contributed by atoms with van der Waals surface area (Å²) < 4.78 is 17.3. The van der Waals surface area contributed by atoms with Gasteiger partial charge < -0.3 is 24.4 Å². The van der Waals surface area contributed by atoms with Gasteiger partial charge in [-0.05, 0) is 38.1 Å². The number of ether oxygens (including phenoxy) is 3. The average Bonchev–Trinajstić information content (AvgIpc) is 2.84. The van der Waals surface area contributed by atoms with E-state index in [1.165, 1.54) is 0 Å². The van der Waals surface area contributed by atoms with Gasteiger partial charge in [-0.1, -0.05) is 18.2 Å². The van der Waals surface area contributed by atoms with E-state index in [-0.39, 0.29) is 25.0 Å². The zero-order valence-corrected chi connectivity index (χ0v) is 17.0. The van der Waals surface area contributed by atoms with E-state index in [2.05, 4.69) is 11.9 Å². The van der Waals surface area contributed by atoms with Crippen LogP contribution in [0.3, 0.4) is 0 Å². The predicted octanol–water partition coefficient (Wildman–Crippen LogP) is 3.40. The van der Waals surface area contributed by atoms with Crippen molar-refractivity contribution in [2.75, 3.05) is 30.0 Å². The van der Waals surface area contributed by atoms with Gasteiger partial charge in [-0.2, -0.15) is 0 Å². The van der Waals surface area contributed by atoms with Crippen LogP contribution in [0.2, 0.25) is 0 Å². The lowest BCUT2D eigenvalue weighted by molar-refractivity contribution is -0.127. The molecule has 1 atom stereocenters. The highest BCUT2D eigenvalue weighted by Crippen LogP contribution is 2.38. The van der Waals surface area contributed by atoms with Gasteiger partial charge in [-0.3, -0.25) is 9.59 Å². The van der Waals surface area contributed by atoms with Gasteiger partial charge in [0.05, 0.1) is 11.1 Å². The number of hydrogen-bond donors (Lipinski definition) is 1. The van der Waals surface area contributed by atoms with E-state index in [1.807, 2.05) is 26.0 Å². The van der Waals surface area contributed by atoms with E-state index < -0.39 is 11.5 Å². The minimum absolute atomic E-state index is 0.0376. The molecule has 1 unspecified atom stereocenters. The maximum absolute atomic E-state index is 12.9. The second kappa shape index (κ2) is 7.74. The monoisotopic (exact) mass is 408 g/mol. The Bertz CT molecular complexity index is 1000. The van der Waals surface area contributed by atoms with Gasteiger partial charge in [0.2, 0.25) is 12.0 Å². The summed E-state index contributed by atoms with van der Waals surface area (Å²) in [5.74, 6) is 1.33. The Morgan fingerprint density at radius 2 is 1.97 bits per heavy atom. The molecule has 30 heavy (non-hydrogen) atoms. The number of para-hydroxylation sites is 2. The summed E-state index contributed by atoms with van der Waals surface area (Å²) in [6.07, 6.45) is 0.911. The van der Waals surface area contributed by atoms with E-state index >= 15 is 0 Å². The standard InChI is InChI=1S/C23H24N2O5/c1-4-11-25-16-10-9-15(12-19(16)29-14-23(2,3)22(25)27)24-21(26)20-13-28-17-7-5-6-8-18(17)30-20/h4-10,12,20H,1,11,13-14H2,2-3H3,(H,24,26). The second-order valence-corrected chi connectivity index (χ2v) is 7.91. The van der Waals surface area contributed by atoms with Gasteiger partial charge in [0.25, 0.3) is 5.91 Å². The summed E-state index contributed by atoms with van der Waals surface area (Å²) in [6.45, 7) is 8.17. The van der Waals surface area contributed by atoms with Gasteiger partial charge in [0.1, 0.15) is 19.0 Å². The largest absolute Gasteiger partial charge is 0.490 e. The van der Waals surface area contributed by atoms with Crippen LogP contribution in [-0.2, 0) is 9.59 Å². The molecule has 7 heteroatoms. The number of hydrogen-bond acceptors (Lipinski definition) is 5. The van der Waals surface area contributed by atoms with Crippen molar-refractivity contribution in [3.63, 3.8) is 0 Å². The van der Waals surface area contributed by atoms with Crippen molar-refractivity contribution in [3.8, 4) is 17.2 Å². The molecule has 1 N–H and O–H groups in total. The average molecular weight is 408 g/mol. The normalized spacial score (nSPS) is 19.2. The van der Waals surface area contributed by atoms with Crippen LogP contribution in [0.15, 0.2) is 55.1 Å². The Morgan fingerprint density at radius 3 is 2.73 bits per heavy atom. The SMILES string of the molecule is C=CCN1C(=O)C(C)(C)COc2cc(NC(=O)C3COc4ccccc4O3)ccc21. The Hall–Kier alpha value is -3.48. The van der Waals surface area contributed by atoms with Crippen molar-refractivity contribution >= 4 is 23.2 Å². The Balaban J connectivity index is 1.53. The lowest BCUT2D eigenvalue weighted by Gasteiger charge is -2.27. The summed E-state index contributed by atoms with van der Waals surface area (Å²) in [6, 6.07) is 12.4. The smallest absolute Gasteiger partial charge is 0.269 e. The number of anilines is 2. The minimum Gasteiger partial charge on any atom is -0.490 e. The van der Waals surface area contributed by atoms with Gasteiger partial charge in [0, 0.05) is 18.3 Å². The van der Waals surface area contributed by atoms with E-state index in [1.54, 1.807) is 41.3 Å². The number of nitrogens with zero attached hydrogens (tertiary/aromatic N) is 1. The molecular formula is C23H24N2O5. The maximum atomic E-state index is 12.9. The molecule has 2 amide bonds. The first kappa shape index (κ1) is 19.8. The summed E-state index contributed by atoms with van der Waals surface area (Å²) in [4.78, 5) is 27.2. The lowest BCUT2D eigenvalue weighted by atomic mass is 9.93. The molecule has 0 aliphatic carbocycles. The number of benzene rings is 2. The molecule has 0 fully saturated rings. The first-order valence-electron chi connectivity index (χ1n) is 9.78. The van der Waals surface area contributed by atoms with Gasteiger partial charge in [-0.15, -0.1) is 6.58 Å². The first-order chi connectivity index (χ1) is 14.4. The summed E-state index contributed by atoms with van der Waals surface area (Å²) in [5.41, 5.74) is 0.521. The van der Waals surface area contributed by atoms with Crippen LogP contribution >= 0.6 is 0 Å². The van der Waals surface area contributed by atoms with Gasteiger partial charge in [0.15, 0.2) is 11.5 Å². The Morgan fingerprint density at radius 1 is 1.20 bits per heavy atom. The molecule has 2 aromatic carbocycles. The van der Waals surface area contributed by atoms with Crippen LogP contribution in [-0.4, -0.2) is 37.7 Å². The lowest BCUT2D eigenvalue weighted by Crippen LogP contribution is -2.42. The molecule has 4 rings (SSSR count). The van der Waals surface area contributed by atoms with Crippen molar-refractivity contribution in [1.82, 2.24) is 0 Å². The van der Waals surface area contributed by atoms with Gasteiger partial charge in [-0.25, -0.2) is 0 Å². The predicted molar refractivity (Wildman–Crippen MR) is 113 cm³/mol. The van der Waals surface area contributed by atoms with E-state index in [0.717, 1.165) is 0 Å². The van der Waals surface area contributed by atoms with E-state index in [9.17, 15) is 9.59 Å². The van der Waals surface area contributed by atoms with Crippen LogP contribution in [0.5, 0.6) is 17.2 Å². The van der Waals surface area contributed by atoms with Gasteiger partial charge >= 0.3 is 0 Å². The van der Waals surface area contributed by atoms with E-state index in [0.29, 0.717) is 35.2 Å². The molecule has 2 aliphatic rings. The zero-order chi connectivity index (χ0) is 21.3. The van der Waals surface area contributed by atoms with Crippen molar-refractivity contribution in [1.29, 1.82) is 0 Å². The first-order valence-corrected chi connectivity index (χ1v) is 9.78. The molecule has 0 spiro atoms. The van der Waals surface area contributed by atoms with Crippen LogP contribution in [0, 0.1) is 5.41 Å². The van der Waals surface area contributed by atoms with Crippen molar-refractivity contribution in [2.24, 2.45) is 5.41 Å². The summed E-state index contributed by atoms with van der Waals surface area (Å²) in [7, 11) is 0. The highest BCUT2D eigenvalue weighted by molar-refractivity contribution is 6.00. The maximum Gasteiger partial charge on any atom is 0.269 e. The molecule has 7 nitrogen and oxygen atoms in total. The fourth-order valence-corrected chi connectivity index (χ4v) is 3.41. The third-order valence-corrected chi connectivity index (χ3v) is 5.04. The number of carbonyl (C=O) groups is 2. The number of amides is 2. The highest BCUT2D eigenvalue weighted by Gasteiger charge is 2.37. The van der Waals surface area contributed by atoms with Crippen molar-refractivity contribution in [3.05, 3.63) is 55.1 Å². The van der Waals surface area contributed by atoms with Crippen LogP contribution < -0.4 is 24.4 Å². The fraction of sp³-hybridized carbons (Fsp3) is 0.304. The Kier molecular flexibility index (Phi) is 5.11. The minimum atomic E-state index is -0.766. The molecule has 2 heterocycles. The molecule has 0 bridgehead atoms. The molecule has 156 valence electrons. The molecule has 0 saturated heterocycles. The molecule has 2 aliphatic heterocycles. The molecule has 0 saturated carbocycles.